The number of tetrazole rings is 1. The second-order valence-electron chi connectivity index (χ2n) is 8.64. The second-order valence-corrected chi connectivity index (χ2v) is 11.1. The molecule has 0 radical (unpaired) electrons. The fourth-order valence-electron chi connectivity index (χ4n) is 4.52. The summed E-state index contributed by atoms with van der Waals surface area (Å²) in [6.45, 7) is 2.65. The number of nitrogens with zero attached hydrogens (tertiary/aromatic N) is 5. The van der Waals surface area contributed by atoms with Crippen molar-refractivity contribution in [3.8, 4) is 11.1 Å². The SMILES string of the molecule is CS(=O)(=O)c1cc(Cl)ccc1-c1ccc(C2CN(C(=O)N3CC[C@H](c4nnn[nH]4)C3)C2)cc1. The summed E-state index contributed by atoms with van der Waals surface area (Å²) >= 11 is 6.01. The van der Waals surface area contributed by atoms with Gasteiger partial charge in [0, 0.05) is 54.9 Å². The van der Waals surface area contributed by atoms with E-state index in [-0.39, 0.29) is 22.8 Å². The molecule has 0 saturated carbocycles. The molecule has 1 N–H and O–H groups in total. The first-order valence-corrected chi connectivity index (χ1v) is 12.9. The van der Waals surface area contributed by atoms with Gasteiger partial charge in [0.05, 0.1) is 4.90 Å². The van der Waals surface area contributed by atoms with Crippen LogP contribution in [0.1, 0.15) is 29.6 Å². The van der Waals surface area contributed by atoms with Crippen LogP contribution in [-0.4, -0.2) is 77.3 Å². The van der Waals surface area contributed by atoms with E-state index in [4.69, 9.17) is 11.6 Å². The number of carbonyl (C=O) groups is 1. The maximum atomic E-state index is 12.8. The van der Waals surface area contributed by atoms with Gasteiger partial charge in [-0.2, -0.15) is 0 Å². The number of nitrogens with one attached hydrogen (secondary N) is 1. The average molecular weight is 487 g/mol. The number of halogens is 1. The van der Waals surface area contributed by atoms with Gasteiger partial charge < -0.3 is 9.80 Å². The molecule has 2 aliphatic heterocycles. The Morgan fingerprint density at radius 1 is 1.06 bits per heavy atom. The van der Waals surface area contributed by atoms with Gasteiger partial charge >= 0.3 is 6.03 Å². The molecule has 0 spiro atoms. The fourth-order valence-corrected chi connectivity index (χ4v) is 5.68. The lowest BCUT2D eigenvalue weighted by molar-refractivity contribution is 0.121. The smallest absolute Gasteiger partial charge is 0.320 e. The van der Waals surface area contributed by atoms with Crippen molar-refractivity contribution < 1.29 is 13.2 Å². The number of likely N-dealkylation sites (tertiary alicyclic amines) is 2. The molecule has 0 unspecified atom stereocenters. The van der Waals surface area contributed by atoms with Crippen molar-refractivity contribution in [1.29, 1.82) is 0 Å². The maximum absolute atomic E-state index is 12.8. The molecule has 1 atom stereocenters. The number of hydrogen-bond acceptors (Lipinski definition) is 6. The molecule has 2 aliphatic rings. The minimum Gasteiger partial charge on any atom is -0.324 e. The van der Waals surface area contributed by atoms with Gasteiger partial charge in [0.1, 0.15) is 0 Å². The number of aromatic nitrogens is 4. The zero-order chi connectivity index (χ0) is 23.2. The molecule has 0 bridgehead atoms. The van der Waals surface area contributed by atoms with E-state index in [1.54, 1.807) is 12.1 Å². The van der Waals surface area contributed by atoms with Crippen LogP contribution in [0.2, 0.25) is 5.02 Å². The van der Waals surface area contributed by atoms with Crippen molar-refractivity contribution in [2.75, 3.05) is 32.4 Å². The predicted molar refractivity (Wildman–Crippen MR) is 123 cm³/mol. The first-order valence-electron chi connectivity index (χ1n) is 10.7. The minimum absolute atomic E-state index is 0.0526. The van der Waals surface area contributed by atoms with E-state index >= 15 is 0 Å². The molecule has 5 rings (SSSR count). The highest BCUT2D eigenvalue weighted by Crippen LogP contribution is 2.34. The zero-order valence-electron chi connectivity index (χ0n) is 18.0. The number of carbonyl (C=O) groups excluding carboxylic acids is 1. The maximum Gasteiger partial charge on any atom is 0.320 e. The van der Waals surface area contributed by atoms with E-state index in [9.17, 15) is 13.2 Å². The number of amides is 2. The second kappa shape index (κ2) is 8.42. The van der Waals surface area contributed by atoms with Gasteiger partial charge in [-0.1, -0.05) is 41.9 Å². The minimum atomic E-state index is -3.41. The van der Waals surface area contributed by atoms with Crippen LogP contribution in [0, 0.1) is 0 Å². The predicted octanol–water partition coefficient (Wildman–Crippen LogP) is 2.93. The summed E-state index contributed by atoms with van der Waals surface area (Å²) < 4.78 is 24.4. The van der Waals surface area contributed by atoms with E-state index in [1.807, 2.05) is 34.1 Å². The normalized spacial score (nSPS) is 19.0. The Balaban J connectivity index is 1.22. The van der Waals surface area contributed by atoms with Gasteiger partial charge in [-0.05, 0) is 40.1 Å². The Kier molecular flexibility index (Phi) is 5.57. The summed E-state index contributed by atoms with van der Waals surface area (Å²) in [6.07, 6.45) is 2.03. The van der Waals surface area contributed by atoms with Crippen LogP contribution in [0.15, 0.2) is 47.4 Å². The highest BCUT2D eigenvalue weighted by atomic mass is 35.5. The first kappa shape index (κ1) is 21.8. The van der Waals surface area contributed by atoms with E-state index < -0.39 is 9.84 Å². The van der Waals surface area contributed by atoms with Crippen LogP contribution in [0.4, 0.5) is 4.79 Å². The molecule has 172 valence electrons. The van der Waals surface area contributed by atoms with Gasteiger partial charge in [0.2, 0.25) is 0 Å². The van der Waals surface area contributed by atoms with Gasteiger partial charge in [0.15, 0.2) is 15.7 Å². The van der Waals surface area contributed by atoms with E-state index in [0.29, 0.717) is 36.8 Å². The number of rotatable bonds is 4. The molecule has 2 amide bonds. The molecule has 3 heterocycles. The lowest BCUT2D eigenvalue weighted by atomic mass is 9.90. The van der Waals surface area contributed by atoms with Crippen LogP contribution in [0.25, 0.3) is 11.1 Å². The summed E-state index contributed by atoms with van der Waals surface area (Å²) in [7, 11) is -3.41. The molecular weight excluding hydrogens is 464 g/mol. The largest absolute Gasteiger partial charge is 0.324 e. The summed E-state index contributed by atoms with van der Waals surface area (Å²) in [5, 5.41) is 14.4. The van der Waals surface area contributed by atoms with Crippen LogP contribution >= 0.6 is 11.6 Å². The fraction of sp³-hybridized carbons (Fsp3) is 0.364. The highest BCUT2D eigenvalue weighted by Gasteiger charge is 2.37. The van der Waals surface area contributed by atoms with Crippen LogP contribution < -0.4 is 0 Å². The molecule has 9 nitrogen and oxygen atoms in total. The quantitative estimate of drug-likeness (QED) is 0.606. The lowest BCUT2D eigenvalue weighted by Crippen LogP contribution is -2.53. The third kappa shape index (κ3) is 4.32. The van der Waals surface area contributed by atoms with Crippen LogP contribution in [0.5, 0.6) is 0 Å². The third-order valence-electron chi connectivity index (χ3n) is 6.40. The molecule has 11 heteroatoms. The topological polar surface area (TPSA) is 112 Å². The Bertz CT molecular complexity index is 1270. The van der Waals surface area contributed by atoms with Crippen molar-refractivity contribution in [2.45, 2.75) is 23.2 Å². The van der Waals surface area contributed by atoms with Gasteiger partial charge in [-0.3, -0.25) is 0 Å². The number of urea groups is 1. The van der Waals surface area contributed by atoms with E-state index in [1.165, 1.54) is 12.3 Å². The highest BCUT2D eigenvalue weighted by molar-refractivity contribution is 7.90. The lowest BCUT2D eigenvalue weighted by Gasteiger charge is -2.41. The van der Waals surface area contributed by atoms with Crippen LogP contribution in [-0.2, 0) is 9.84 Å². The molecule has 1 aromatic heterocycles. The first-order chi connectivity index (χ1) is 15.8. The Morgan fingerprint density at radius 2 is 1.79 bits per heavy atom. The van der Waals surface area contributed by atoms with Crippen molar-refractivity contribution in [3.63, 3.8) is 0 Å². The summed E-state index contributed by atoms with van der Waals surface area (Å²) in [5.74, 6) is 1.14. The zero-order valence-corrected chi connectivity index (χ0v) is 19.6. The van der Waals surface area contributed by atoms with Crippen molar-refractivity contribution in [1.82, 2.24) is 30.4 Å². The Labute approximate surface area is 196 Å². The molecule has 2 aromatic carbocycles. The Hall–Kier alpha value is -2.98. The number of benzene rings is 2. The van der Waals surface area contributed by atoms with Gasteiger partial charge in [-0.25, -0.2) is 18.3 Å². The standard InChI is InChI=1S/C22H23ClN6O3S/c1-33(31,32)20-10-18(23)6-7-19(20)15-4-2-14(3-5-15)17-12-29(13-17)22(30)28-9-8-16(11-28)21-24-26-27-25-21/h2-7,10,16-17H,8-9,11-13H2,1H3,(H,24,25,26,27)/t16-/m0/s1. The molecule has 2 fully saturated rings. The summed E-state index contributed by atoms with van der Waals surface area (Å²) in [4.78, 5) is 16.8. The van der Waals surface area contributed by atoms with Crippen molar-refractivity contribution in [2.24, 2.45) is 0 Å². The molecule has 33 heavy (non-hydrogen) atoms. The average Bonchev–Trinajstić information content (AvgIpc) is 3.44. The Morgan fingerprint density at radius 3 is 2.45 bits per heavy atom. The number of sulfone groups is 1. The number of hydrogen-bond donors (Lipinski definition) is 1. The number of H-pyrrole nitrogens is 1. The van der Waals surface area contributed by atoms with E-state index in [0.717, 1.165) is 23.4 Å². The molecule has 3 aromatic rings. The molecular formula is C22H23ClN6O3S. The van der Waals surface area contributed by atoms with Gasteiger partial charge in [-0.15, -0.1) is 5.10 Å². The van der Waals surface area contributed by atoms with Crippen molar-refractivity contribution >= 4 is 27.5 Å². The van der Waals surface area contributed by atoms with Gasteiger partial charge in [0.25, 0.3) is 0 Å². The monoisotopic (exact) mass is 486 g/mol. The summed E-state index contributed by atoms with van der Waals surface area (Å²) in [6, 6.07) is 12.8. The molecule has 2 saturated heterocycles. The molecule has 0 aliphatic carbocycles. The van der Waals surface area contributed by atoms with E-state index in [2.05, 4.69) is 20.6 Å². The third-order valence-corrected chi connectivity index (χ3v) is 7.77. The number of aromatic amines is 1. The van der Waals surface area contributed by atoms with Crippen LogP contribution in [0.3, 0.4) is 0 Å². The summed E-state index contributed by atoms with van der Waals surface area (Å²) in [5.41, 5.74) is 2.57. The van der Waals surface area contributed by atoms with Crippen molar-refractivity contribution in [3.05, 3.63) is 58.9 Å².